The van der Waals surface area contributed by atoms with E-state index in [9.17, 15) is 9.59 Å². The molecule has 0 aliphatic heterocycles. The van der Waals surface area contributed by atoms with Crippen LogP contribution in [0, 0.1) is 6.92 Å². The maximum Gasteiger partial charge on any atom is 0.417 e. The van der Waals surface area contributed by atoms with Crippen LogP contribution < -0.4 is 11.1 Å². The van der Waals surface area contributed by atoms with Crippen molar-refractivity contribution in [2.24, 2.45) is 0 Å². The SMILES string of the molecule is Cc1ccccc1C(=O)NC(C)c1cc(-c2ccc3oc(=O)[nH]c3c2)nc2ccccc12. The average molecular weight is 423 g/mol. The predicted octanol–water partition coefficient (Wildman–Crippen LogP) is 5.14. The van der Waals surface area contributed by atoms with Crippen LogP contribution in [0.2, 0.25) is 0 Å². The van der Waals surface area contributed by atoms with Gasteiger partial charge in [0.1, 0.15) is 0 Å². The minimum Gasteiger partial charge on any atom is -0.408 e. The molecule has 2 heterocycles. The number of H-pyrrole nitrogens is 1. The highest BCUT2D eigenvalue weighted by Crippen LogP contribution is 2.30. The summed E-state index contributed by atoms with van der Waals surface area (Å²) in [4.78, 5) is 31.9. The molecule has 0 radical (unpaired) electrons. The van der Waals surface area contributed by atoms with E-state index in [0.29, 0.717) is 16.7 Å². The number of pyridine rings is 1. The molecule has 5 aromatic rings. The molecule has 5 rings (SSSR count). The van der Waals surface area contributed by atoms with E-state index in [1.807, 2.05) is 80.6 Å². The molecular weight excluding hydrogens is 402 g/mol. The van der Waals surface area contributed by atoms with Crippen molar-refractivity contribution >= 4 is 27.9 Å². The van der Waals surface area contributed by atoms with Crippen molar-refractivity contribution in [1.82, 2.24) is 15.3 Å². The highest BCUT2D eigenvalue weighted by Gasteiger charge is 2.17. The van der Waals surface area contributed by atoms with Gasteiger partial charge < -0.3 is 9.73 Å². The zero-order valence-electron chi connectivity index (χ0n) is 17.7. The lowest BCUT2D eigenvalue weighted by Gasteiger charge is -2.18. The van der Waals surface area contributed by atoms with Crippen molar-refractivity contribution in [3.05, 3.63) is 100 Å². The third-order valence-electron chi connectivity index (χ3n) is 5.67. The Hall–Kier alpha value is -4.19. The first kappa shape index (κ1) is 19.8. The molecule has 6 heteroatoms. The van der Waals surface area contributed by atoms with Crippen LogP contribution in [-0.2, 0) is 0 Å². The first-order chi connectivity index (χ1) is 15.5. The minimum absolute atomic E-state index is 0.115. The molecule has 1 unspecified atom stereocenters. The Labute approximate surface area is 183 Å². The molecule has 158 valence electrons. The summed E-state index contributed by atoms with van der Waals surface area (Å²) in [5, 5.41) is 4.11. The highest BCUT2D eigenvalue weighted by molar-refractivity contribution is 5.96. The number of nitrogens with zero attached hydrogens (tertiary/aromatic N) is 1. The van der Waals surface area contributed by atoms with E-state index in [1.165, 1.54) is 0 Å². The summed E-state index contributed by atoms with van der Waals surface area (Å²) < 4.78 is 5.11. The molecular formula is C26H21N3O3. The number of carbonyl (C=O) groups excluding carboxylic acids is 1. The molecule has 0 aliphatic rings. The summed E-state index contributed by atoms with van der Waals surface area (Å²) in [6, 6.07) is 22.6. The molecule has 0 fully saturated rings. The van der Waals surface area contributed by atoms with Gasteiger partial charge in [-0.2, -0.15) is 0 Å². The number of aromatic nitrogens is 2. The number of amides is 1. The number of oxazole rings is 1. The number of hydrogen-bond acceptors (Lipinski definition) is 4. The molecule has 2 aromatic heterocycles. The maximum absolute atomic E-state index is 12.9. The number of para-hydroxylation sites is 1. The summed E-state index contributed by atoms with van der Waals surface area (Å²) in [5.74, 6) is -0.604. The number of aryl methyl sites for hydroxylation is 1. The third kappa shape index (κ3) is 3.56. The molecule has 1 amide bonds. The lowest BCUT2D eigenvalue weighted by Crippen LogP contribution is -2.27. The maximum atomic E-state index is 12.9. The predicted molar refractivity (Wildman–Crippen MR) is 125 cm³/mol. The van der Waals surface area contributed by atoms with Gasteiger partial charge in [0.05, 0.1) is 22.8 Å². The van der Waals surface area contributed by atoms with Crippen LogP contribution in [0.1, 0.15) is 34.5 Å². The summed E-state index contributed by atoms with van der Waals surface area (Å²) in [5.41, 5.74) is 6.10. The topological polar surface area (TPSA) is 88.0 Å². The van der Waals surface area contributed by atoms with E-state index >= 15 is 0 Å². The lowest BCUT2D eigenvalue weighted by atomic mass is 9.99. The first-order valence-corrected chi connectivity index (χ1v) is 10.4. The van der Waals surface area contributed by atoms with E-state index in [1.54, 1.807) is 6.07 Å². The fourth-order valence-corrected chi connectivity index (χ4v) is 4.00. The number of nitrogens with one attached hydrogen (secondary N) is 2. The molecule has 0 aliphatic carbocycles. The van der Waals surface area contributed by atoms with Gasteiger partial charge in [0.25, 0.3) is 5.91 Å². The van der Waals surface area contributed by atoms with Crippen LogP contribution in [0.4, 0.5) is 0 Å². The van der Waals surface area contributed by atoms with E-state index in [0.717, 1.165) is 33.3 Å². The summed E-state index contributed by atoms with van der Waals surface area (Å²) in [6.45, 7) is 3.90. The summed E-state index contributed by atoms with van der Waals surface area (Å²) >= 11 is 0. The third-order valence-corrected chi connectivity index (χ3v) is 5.67. The number of aromatic amines is 1. The van der Waals surface area contributed by atoms with Crippen molar-refractivity contribution in [2.45, 2.75) is 19.9 Å². The van der Waals surface area contributed by atoms with Gasteiger partial charge in [-0.15, -0.1) is 0 Å². The van der Waals surface area contributed by atoms with Gasteiger partial charge in [0, 0.05) is 16.5 Å². The summed E-state index contributed by atoms with van der Waals surface area (Å²) in [6.07, 6.45) is 0. The van der Waals surface area contributed by atoms with E-state index in [4.69, 9.17) is 9.40 Å². The van der Waals surface area contributed by atoms with Gasteiger partial charge in [-0.3, -0.25) is 9.78 Å². The molecule has 0 spiro atoms. The average Bonchev–Trinajstić information content (AvgIpc) is 3.17. The van der Waals surface area contributed by atoms with Crippen molar-refractivity contribution in [3.63, 3.8) is 0 Å². The van der Waals surface area contributed by atoms with Crippen molar-refractivity contribution in [2.75, 3.05) is 0 Å². The second kappa shape index (κ2) is 7.81. The number of benzene rings is 3. The Bertz CT molecular complexity index is 1530. The smallest absolute Gasteiger partial charge is 0.408 e. The molecule has 1 atom stereocenters. The van der Waals surface area contributed by atoms with Crippen LogP contribution >= 0.6 is 0 Å². The second-order valence-corrected chi connectivity index (χ2v) is 7.85. The van der Waals surface area contributed by atoms with Crippen LogP contribution in [0.25, 0.3) is 33.3 Å². The van der Waals surface area contributed by atoms with Gasteiger partial charge in [-0.1, -0.05) is 36.4 Å². The van der Waals surface area contributed by atoms with E-state index in [-0.39, 0.29) is 11.9 Å². The first-order valence-electron chi connectivity index (χ1n) is 10.4. The van der Waals surface area contributed by atoms with Crippen LogP contribution in [0.15, 0.2) is 82.0 Å². The fourth-order valence-electron chi connectivity index (χ4n) is 4.00. The minimum atomic E-state index is -0.489. The Morgan fingerprint density at radius 3 is 2.66 bits per heavy atom. The largest absolute Gasteiger partial charge is 0.417 e. The zero-order valence-corrected chi connectivity index (χ0v) is 17.7. The zero-order chi connectivity index (χ0) is 22.2. The van der Waals surface area contributed by atoms with Gasteiger partial charge >= 0.3 is 5.76 Å². The van der Waals surface area contributed by atoms with Gasteiger partial charge in [0.2, 0.25) is 0 Å². The molecule has 2 N–H and O–H groups in total. The standard InChI is InChI=1S/C26H21N3O3/c1-15-7-3-4-8-18(15)25(30)27-16(2)20-14-22(28-21-10-6-5-9-19(20)21)17-11-12-24-23(13-17)29-26(31)32-24/h3-14,16H,1-2H3,(H,27,30)(H,29,31). The number of carbonyl (C=O) groups is 1. The molecule has 0 saturated carbocycles. The van der Waals surface area contributed by atoms with Crippen molar-refractivity contribution < 1.29 is 9.21 Å². The quantitative estimate of drug-likeness (QED) is 0.419. The van der Waals surface area contributed by atoms with Crippen LogP contribution in [-0.4, -0.2) is 15.9 Å². The number of fused-ring (bicyclic) bond motifs is 2. The monoisotopic (exact) mass is 423 g/mol. The van der Waals surface area contributed by atoms with E-state index in [2.05, 4.69) is 10.3 Å². The lowest BCUT2D eigenvalue weighted by molar-refractivity contribution is 0.0939. The van der Waals surface area contributed by atoms with Gasteiger partial charge in [-0.25, -0.2) is 9.78 Å². The molecule has 3 aromatic carbocycles. The molecule has 0 saturated heterocycles. The van der Waals surface area contributed by atoms with Gasteiger partial charge in [0.15, 0.2) is 5.58 Å². The molecule has 0 bridgehead atoms. The Balaban J connectivity index is 1.58. The second-order valence-electron chi connectivity index (χ2n) is 7.85. The number of hydrogen-bond donors (Lipinski definition) is 2. The number of rotatable bonds is 4. The Kier molecular flexibility index (Phi) is 4.82. The van der Waals surface area contributed by atoms with Crippen LogP contribution in [0.3, 0.4) is 0 Å². The Morgan fingerprint density at radius 1 is 1.03 bits per heavy atom. The van der Waals surface area contributed by atoms with Crippen molar-refractivity contribution in [3.8, 4) is 11.3 Å². The molecule has 32 heavy (non-hydrogen) atoms. The normalized spacial score (nSPS) is 12.2. The fraction of sp³-hybridized carbons (Fsp3) is 0.115. The Morgan fingerprint density at radius 2 is 1.81 bits per heavy atom. The van der Waals surface area contributed by atoms with Gasteiger partial charge in [-0.05, 0) is 61.4 Å². The van der Waals surface area contributed by atoms with E-state index < -0.39 is 5.76 Å². The highest BCUT2D eigenvalue weighted by atomic mass is 16.4. The molecule has 6 nitrogen and oxygen atoms in total. The van der Waals surface area contributed by atoms with Crippen molar-refractivity contribution in [1.29, 1.82) is 0 Å². The summed E-state index contributed by atoms with van der Waals surface area (Å²) in [7, 11) is 0. The van der Waals surface area contributed by atoms with Crippen LogP contribution in [0.5, 0.6) is 0 Å².